The molecule has 0 spiro atoms. The van der Waals surface area contributed by atoms with Crippen LogP contribution in [0, 0.1) is 0 Å². The topological polar surface area (TPSA) is 116 Å². The summed E-state index contributed by atoms with van der Waals surface area (Å²) in [6.07, 6.45) is 0. The first-order chi connectivity index (χ1) is 12.3. The minimum atomic E-state index is -0.678. The number of hydrogen-bond acceptors (Lipinski definition) is 4. The van der Waals surface area contributed by atoms with Crippen molar-refractivity contribution in [1.82, 2.24) is 10.6 Å². The SMILES string of the molecule is O=C(NC(=O)C(Br)CBr)Nc1ccc(NC(=O)NC(=O)C(Br)CBr)cc1. The zero-order valence-corrected chi connectivity index (χ0v) is 19.4. The maximum absolute atomic E-state index is 11.7. The number of nitrogens with one attached hydrogen (secondary N) is 4. The Balaban J connectivity index is 2.53. The Kier molecular flexibility index (Phi) is 10.4. The Morgan fingerprint density at radius 1 is 0.731 bits per heavy atom. The molecule has 2 unspecified atom stereocenters. The molecule has 0 aromatic heterocycles. The highest BCUT2D eigenvalue weighted by molar-refractivity contribution is 9.12. The smallest absolute Gasteiger partial charge is 0.308 e. The second-order valence-corrected chi connectivity index (χ2v) is 8.21. The first-order valence-electron chi connectivity index (χ1n) is 7.00. The van der Waals surface area contributed by atoms with Crippen molar-refractivity contribution in [2.75, 3.05) is 21.3 Å². The van der Waals surface area contributed by atoms with Crippen LogP contribution in [-0.4, -0.2) is 44.2 Å². The summed E-state index contributed by atoms with van der Waals surface area (Å²) in [6.45, 7) is 0. The fraction of sp³-hybridized carbons (Fsp3) is 0.286. The highest BCUT2D eigenvalue weighted by atomic mass is 79.9. The van der Waals surface area contributed by atoms with Gasteiger partial charge >= 0.3 is 12.1 Å². The van der Waals surface area contributed by atoms with Crippen molar-refractivity contribution in [2.24, 2.45) is 0 Å². The molecule has 0 aliphatic carbocycles. The third kappa shape index (κ3) is 8.14. The molecule has 26 heavy (non-hydrogen) atoms. The van der Waals surface area contributed by atoms with Crippen LogP contribution in [-0.2, 0) is 9.59 Å². The number of carbonyl (C=O) groups excluding carboxylic acids is 4. The van der Waals surface area contributed by atoms with E-state index in [1.165, 1.54) is 24.3 Å². The number of imide groups is 2. The summed E-state index contributed by atoms with van der Waals surface area (Å²) in [5.41, 5.74) is 0.837. The molecule has 0 bridgehead atoms. The van der Waals surface area contributed by atoms with Gasteiger partial charge in [-0.15, -0.1) is 0 Å². The van der Waals surface area contributed by atoms with Crippen molar-refractivity contribution in [1.29, 1.82) is 0 Å². The van der Waals surface area contributed by atoms with E-state index in [-0.39, 0.29) is 0 Å². The Labute approximate surface area is 183 Å². The number of halogens is 4. The van der Waals surface area contributed by atoms with E-state index >= 15 is 0 Å². The number of carbonyl (C=O) groups is 4. The molecular weight excluding hydrogens is 608 g/mol. The van der Waals surface area contributed by atoms with E-state index in [0.29, 0.717) is 22.0 Å². The van der Waals surface area contributed by atoms with Crippen LogP contribution in [0.1, 0.15) is 0 Å². The molecule has 0 saturated heterocycles. The maximum Gasteiger partial charge on any atom is 0.325 e. The highest BCUT2D eigenvalue weighted by Crippen LogP contribution is 2.13. The predicted molar refractivity (Wildman–Crippen MR) is 114 cm³/mol. The molecule has 1 aromatic carbocycles. The number of amides is 6. The molecule has 4 N–H and O–H groups in total. The molecular formula is C14H14Br4N4O4. The van der Waals surface area contributed by atoms with Gasteiger partial charge in [0, 0.05) is 22.0 Å². The lowest BCUT2D eigenvalue weighted by atomic mass is 10.3. The zero-order valence-electron chi connectivity index (χ0n) is 13.0. The van der Waals surface area contributed by atoms with Crippen LogP contribution >= 0.6 is 63.7 Å². The Morgan fingerprint density at radius 3 is 1.31 bits per heavy atom. The van der Waals surface area contributed by atoms with Gasteiger partial charge in [0.05, 0.1) is 0 Å². The molecule has 2 atom stereocenters. The van der Waals surface area contributed by atoms with Gasteiger partial charge in [-0.2, -0.15) is 0 Å². The van der Waals surface area contributed by atoms with Gasteiger partial charge in [-0.25, -0.2) is 9.59 Å². The fourth-order valence-corrected chi connectivity index (χ4v) is 2.30. The van der Waals surface area contributed by atoms with E-state index in [9.17, 15) is 19.2 Å². The number of benzene rings is 1. The molecule has 0 aliphatic heterocycles. The van der Waals surface area contributed by atoms with Gasteiger partial charge in [0.25, 0.3) is 0 Å². The molecule has 1 aromatic rings. The first-order valence-corrected chi connectivity index (χ1v) is 11.1. The molecule has 1 rings (SSSR count). The third-order valence-electron chi connectivity index (χ3n) is 2.71. The monoisotopic (exact) mass is 618 g/mol. The van der Waals surface area contributed by atoms with E-state index in [0.717, 1.165) is 0 Å². The van der Waals surface area contributed by atoms with Crippen molar-refractivity contribution in [3.05, 3.63) is 24.3 Å². The van der Waals surface area contributed by atoms with E-state index in [1.807, 2.05) is 0 Å². The van der Waals surface area contributed by atoms with Crippen LogP contribution in [0.3, 0.4) is 0 Å². The molecule has 12 heteroatoms. The van der Waals surface area contributed by atoms with Gasteiger partial charge in [-0.05, 0) is 24.3 Å². The van der Waals surface area contributed by atoms with Crippen molar-refractivity contribution >= 4 is 99.0 Å². The van der Waals surface area contributed by atoms with Crippen LogP contribution < -0.4 is 21.3 Å². The molecule has 142 valence electrons. The molecule has 6 amide bonds. The quantitative estimate of drug-likeness (QED) is 0.365. The maximum atomic E-state index is 11.7. The van der Waals surface area contributed by atoms with E-state index in [4.69, 9.17) is 0 Å². The minimum absolute atomic E-state index is 0.364. The van der Waals surface area contributed by atoms with Crippen LogP contribution in [0.2, 0.25) is 0 Å². The van der Waals surface area contributed by atoms with Gasteiger partial charge in [0.2, 0.25) is 11.8 Å². The van der Waals surface area contributed by atoms with Gasteiger partial charge < -0.3 is 10.6 Å². The number of anilines is 2. The standard InChI is InChI=1S/C14H14Br4N4O4/c15-5-9(17)11(23)21-13(25)19-7-1-2-8(4-3-7)20-14(26)22-12(24)10(18)6-16/h1-4,9-10H,5-6H2,(H2,19,21,23,25)(H2,20,22,24,26). The van der Waals surface area contributed by atoms with Crippen LogP contribution in [0.5, 0.6) is 0 Å². The molecule has 0 fully saturated rings. The molecule has 0 aliphatic rings. The van der Waals surface area contributed by atoms with Crippen LogP contribution in [0.15, 0.2) is 24.3 Å². The van der Waals surface area contributed by atoms with E-state index < -0.39 is 33.5 Å². The summed E-state index contributed by atoms with van der Waals surface area (Å²) in [5.74, 6) is -0.958. The zero-order chi connectivity index (χ0) is 19.7. The summed E-state index contributed by atoms with van der Waals surface area (Å²) in [7, 11) is 0. The highest BCUT2D eigenvalue weighted by Gasteiger charge is 2.17. The minimum Gasteiger partial charge on any atom is -0.308 e. The summed E-state index contributed by atoms with van der Waals surface area (Å²) < 4.78 is 0. The molecule has 0 saturated carbocycles. The van der Waals surface area contributed by atoms with Crippen LogP contribution in [0.25, 0.3) is 0 Å². The van der Waals surface area contributed by atoms with E-state index in [1.54, 1.807) is 0 Å². The second kappa shape index (κ2) is 11.7. The lowest BCUT2D eigenvalue weighted by Gasteiger charge is -2.11. The lowest BCUT2D eigenvalue weighted by molar-refractivity contribution is -0.119. The Morgan fingerprint density at radius 2 is 1.04 bits per heavy atom. The Hall–Kier alpha value is -0.980. The van der Waals surface area contributed by atoms with Gasteiger partial charge in [0.15, 0.2) is 0 Å². The van der Waals surface area contributed by atoms with Crippen molar-refractivity contribution in [3.63, 3.8) is 0 Å². The second-order valence-electron chi connectivity index (χ2n) is 4.71. The normalized spacial score (nSPS) is 12.5. The number of alkyl halides is 4. The van der Waals surface area contributed by atoms with Crippen molar-refractivity contribution in [3.8, 4) is 0 Å². The van der Waals surface area contributed by atoms with Gasteiger partial charge in [0.1, 0.15) is 9.65 Å². The number of rotatable bonds is 6. The summed E-state index contributed by atoms with van der Waals surface area (Å²) in [5, 5.41) is 10.0. The average molecular weight is 622 g/mol. The van der Waals surface area contributed by atoms with Gasteiger partial charge in [-0.3, -0.25) is 20.2 Å². The fourth-order valence-electron chi connectivity index (χ4n) is 1.48. The summed E-state index contributed by atoms with van der Waals surface area (Å²) in [6, 6.07) is 4.77. The molecule has 8 nitrogen and oxygen atoms in total. The first kappa shape index (κ1) is 23.1. The summed E-state index contributed by atoms with van der Waals surface area (Å²) >= 11 is 12.5. The van der Waals surface area contributed by atoms with Gasteiger partial charge in [-0.1, -0.05) is 63.7 Å². The van der Waals surface area contributed by atoms with Crippen molar-refractivity contribution < 1.29 is 19.2 Å². The number of hydrogen-bond donors (Lipinski definition) is 4. The lowest BCUT2D eigenvalue weighted by Crippen LogP contribution is -2.39. The molecule has 0 radical (unpaired) electrons. The third-order valence-corrected chi connectivity index (χ3v) is 7.23. The largest absolute Gasteiger partial charge is 0.325 e. The number of urea groups is 2. The van der Waals surface area contributed by atoms with Crippen LogP contribution in [0.4, 0.5) is 21.0 Å². The average Bonchev–Trinajstić information content (AvgIpc) is 2.61. The summed E-state index contributed by atoms with van der Waals surface area (Å²) in [4.78, 5) is 45.5. The van der Waals surface area contributed by atoms with E-state index in [2.05, 4.69) is 85.0 Å². The Bertz CT molecular complexity index is 614. The molecule has 0 heterocycles. The predicted octanol–water partition coefficient (Wildman–Crippen LogP) is 3.30. The van der Waals surface area contributed by atoms with Crippen molar-refractivity contribution in [2.45, 2.75) is 9.65 Å².